The van der Waals surface area contributed by atoms with Crippen LogP contribution in [0, 0.1) is 5.92 Å². The summed E-state index contributed by atoms with van der Waals surface area (Å²) in [6.07, 6.45) is 4.99. The summed E-state index contributed by atoms with van der Waals surface area (Å²) >= 11 is 0. The van der Waals surface area contributed by atoms with Gasteiger partial charge in [-0.1, -0.05) is 38.8 Å². The first-order valence-corrected chi connectivity index (χ1v) is 6.23. The van der Waals surface area contributed by atoms with Crippen LogP contribution in [0.15, 0.2) is 10.3 Å². The number of nitrogens with zero attached hydrogens (tertiary/aromatic N) is 3. The number of hydrogen-bond acceptors (Lipinski definition) is 3. The lowest BCUT2D eigenvalue weighted by molar-refractivity contribution is 0.118. The summed E-state index contributed by atoms with van der Waals surface area (Å²) in [6.45, 7) is 11.0. The first-order chi connectivity index (χ1) is 7.08. The minimum atomic E-state index is 0.182. The van der Waals surface area contributed by atoms with Crippen molar-refractivity contribution in [1.29, 1.82) is 0 Å². The minimum absolute atomic E-state index is 0.182. The number of rotatable bonds is 6. The van der Waals surface area contributed by atoms with Crippen molar-refractivity contribution in [2.24, 2.45) is 16.3 Å². The Morgan fingerprint density at radius 2 is 2.07 bits per heavy atom. The predicted molar refractivity (Wildman–Crippen MR) is 63.8 cm³/mol. The lowest BCUT2D eigenvalue weighted by Gasteiger charge is -2.34. The third kappa shape index (κ3) is 3.47. The van der Waals surface area contributed by atoms with Crippen molar-refractivity contribution in [1.82, 2.24) is 5.01 Å². The zero-order valence-electron chi connectivity index (χ0n) is 10.7. The molecule has 1 aliphatic rings. The van der Waals surface area contributed by atoms with Crippen molar-refractivity contribution in [2.75, 3.05) is 13.1 Å². The van der Waals surface area contributed by atoms with Gasteiger partial charge in [0.05, 0.1) is 12.1 Å². The van der Waals surface area contributed by atoms with Gasteiger partial charge in [-0.25, -0.2) is 0 Å². The maximum absolute atomic E-state index is 4.27. The highest BCUT2D eigenvalue weighted by Gasteiger charge is 2.35. The van der Waals surface area contributed by atoms with Crippen LogP contribution in [-0.2, 0) is 0 Å². The molecule has 0 fully saturated rings. The van der Waals surface area contributed by atoms with Crippen LogP contribution < -0.4 is 0 Å². The Labute approximate surface area is 93.9 Å². The fourth-order valence-corrected chi connectivity index (χ4v) is 2.33. The van der Waals surface area contributed by atoms with Gasteiger partial charge in [0, 0.05) is 6.54 Å². The summed E-state index contributed by atoms with van der Waals surface area (Å²) in [6, 6.07) is 0. The highest BCUT2D eigenvalue weighted by Crippen LogP contribution is 2.29. The van der Waals surface area contributed by atoms with E-state index in [1.807, 2.05) is 0 Å². The van der Waals surface area contributed by atoms with E-state index < -0.39 is 0 Å². The first kappa shape index (κ1) is 12.5. The maximum Gasteiger partial charge on any atom is 0.0866 e. The van der Waals surface area contributed by atoms with E-state index in [1.54, 1.807) is 0 Å². The van der Waals surface area contributed by atoms with E-state index >= 15 is 0 Å². The van der Waals surface area contributed by atoms with Gasteiger partial charge in [0.15, 0.2) is 0 Å². The average molecular weight is 211 g/mol. The molecule has 0 radical (unpaired) electrons. The fraction of sp³-hybridized carbons (Fsp3) is 1.00. The molecule has 0 bridgehead atoms. The second-order valence-corrected chi connectivity index (χ2v) is 5.31. The van der Waals surface area contributed by atoms with E-state index in [0.29, 0.717) is 5.92 Å². The van der Waals surface area contributed by atoms with Gasteiger partial charge < -0.3 is 0 Å². The Kier molecular flexibility index (Phi) is 4.55. The molecule has 1 atom stereocenters. The summed E-state index contributed by atoms with van der Waals surface area (Å²) in [4.78, 5) is 0. The van der Waals surface area contributed by atoms with Gasteiger partial charge in [0.2, 0.25) is 0 Å². The molecule has 88 valence electrons. The van der Waals surface area contributed by atoms with E-state index in [2.05, 4.69) is 43.0 Å². The van der Waals surface area contributed by atoms with Crippen molar-refractivity contribution in [2.45, 2.75) is 58.9 Å². The van der Waals surface area contributed by atoms with Gasteiger partial charge in [0.25, 0.3) is 0 Å². The molecular formula is C12H25N3. The van der Waals surface area contributed by atoms with Gasteiger partial charge in [-0.2, -0.15) is 5.11 Å². The Morgan fingerprint density at radius 3 is 2.67 bits per heavy atom. The SMILES string of the molecule is CCCCCN1N=NCC1(C)CC(C)C. The quantitative estimate of drug-likeness (QED) is 0.616. The van der Waals surface area contributed by atoms with Crippen LogP contribution in [0.2, 0.25) is 0 Å². The second kappa shape index (κ2) is 5.47. The Hall–Kier alpha value is -0.600. The molecule has 1 unspecified atom stereocenters. The average Bonchev–Trinajstić information content (AvgIpc) is 2.47. The summed E-state index contributed by atoms with van der Waals surface area (Å²) < 4.78 is 0. The standard InChI is InChI=1S/C12H25N3/c1-5-6-7-8-15-12(4,9-11(2)3)10-13-14-15/h11H,5-10H2,1-4H3. The first-order valence-electron chi connectivity index (χ1n) is 6.23. The molecule has 0 aliphatic carbocycles. The van der Waals surface area contributed by atoms with Crippen molar-refractivity contribution in [3.05, 3.63) is 0 Å². The summed E-state index contributed by atoms with van der Waals surface area (Å²) in [7, 11) is 0. The van der Waals surface area contributed by atoms with Gasteiger partial charge in [-0.3, -0.25) is 5.01 Å². The van der Waals surface area contributed by atoms with E-state index in [4.69, 9.17) is 0 Å². The Bertz CT molecular complexity index is 213. The van der Waals surface area contributed by atoms with Gasteiger partial charge in [-0.05, 0) is 25.7 Å². The third-order valence-corrected chi connectivity index (χ3v) is 3.03. The molecule has 1 aliphatic heterocycles. The molecule has 0 amide bonds. The highest BCUT2D eigenvalue weighted by molar-refractivity contribution is 4.90. The summed E-state index contributed by atoms with van der Waals surface area (Å²) in [5.74, 6) is 0.715. The van der Waals surface area contributed by atoms with Crippen molar-refractivity contribution < 1.29 is 0 Å². The van der Waals surface area contributed by atoms with E-state index in [9.17, 15) is 0 Å². The van der Waals surface area contributed by atoms with Crippen LogP contribution in [0.25, 0.3) is 0 Å². The molecule has 1 heterocycles. The normalized spacial score (nSPS) is 25.5. The molecule has 3 nitrogen and oxygen atoms in total. The second-order valence-electron chi connectivity index (χ2n) is 5.31. The molecule has 15 heavy (non-hydrogen) atoms. The van der Waals surface area contributed by atoms with Crippen LogP contribution in [0.4, 0.5) is 0 Å². The summed E-state index contributed by atoms with van der Waals surface area (Å²) in [5, 5.41) is 10.7. The largest absolute Gasteiger partial charge is 0.271 e. The molecule has 0 saturated carbocycles. The zero-order chi connectivity index (χ0) is 11.3. The van der Waals surface area contributed by atoms with Gasteiger partial charge in [-0.15, -0.1) is 0 Å². The van der Waals surface area contributed by atoms with E-state index in [-0.39, 0.29) is 5.54 Å². The smallest absolute Gasteiger partial charge is 0.0866 e. The monoisotopic (exact) mass is 211 g/mol. The fourth-order valence-electron chi connectivity index (χ4n) is 2.33. The Morgan fingerprint density at radius 1 is 1.33 bits per heavy atom. The van der Waals surface area contributed by atoms with Crippen LogP contribution in [-0.4, -0.2) is 23.6 Å². The molecule has 1 rings (SSSR count). The molecule has 0 aromatic carbocycles. The van der Waals surface area contributed by atoms with E-state index in [0.717, 1.165) is 13.1 Å². The van der Waals surface area contributed by atoms with Crippen LogP contribution in [0.1, 0.15) is 53.4 Å². The number of unbranched alkanes of at least 4 members (excludes halogenated alkanes) is 2. The molecule has 3 heteroatoms. The predicted octanol–water partition coefficient (Wildman–Crippen LogP) is 3.66. The lowest BCUT2D eigenvalue weighted by atomic mass is 9.90. The third-order valence-electron chi connectivity index (χ3n) is 3.03. The lowest BCUT2D eigenvalue weighted by Crippen LogP contribution is -2.43. The molecule has 0 aromatic rings. The van der Waals surface area contributed by atoms with Crippen LogP contribution >= 0.6 is 0 Å². The molecule has 0 aromatic heterocycles. The molecule has 0 saturated heterocycles. The topological polar surface area (TPSA) is 28.0 Å². The van der Waals surface area contributed by atoms with Gasteiger partial charge >= 0.3 is 0 Å². The Balaban J connectivity index is 2.43. The van der Waals surface area contributed by atoms with Crippen LogP contribution in [0.3, 0.4) is 0 Å². The zero-order valence-corrected chi connectivity index (χ0v) is 10.7. The maximum atomic E-state index is 4.27. The minimum Gasteiger partial charge on any atom is -0.271 e. The highest BCUT2D eigenvalue weighted by atomic mass is 15.6. The summed E-state index contributed by atoms with van der Waals surface area (Å²) in [5.41, 5.74) is 0.182. The van der Waals surface area contributed by atoms with Crippen LogP contribution in [0.5, 0.6) is 0 Å². The molecular weight excluding hydrogens is 186 g/mol. The van der Waals surface area contributed by atoms with Crippen molar-refractivity contribution in [3.63, 3.8) is 0 Å². The van der Waals surface area contributed by atoms with Crippen molar-refractivity contribution >= 4 is 0 Å². The molecule has 0 N–H and O–H groups in total. The van der Waals surface area contributed by atoms with Crippen molar-refractivity contribution in [3.8, 4) is 0 Å². The van der Waals surface area contributed by atoms with E-state index in [1.165, 1.54) is 25.7 Å². The number of hydrogen-bond donors (Lipinski definition) is 0. The van der Waals surface area contributed by atoms with Gasteiger partial charge in [0.1, 0.15) is 0 Å². The molecule has 0 spiro atoms.